The molecule has 3 aromatic rings. The van der Waals surface area contributed by atoms with Gasteiger partial charge in [0.05, 0.1) is 17.8 Å². The first-order valence-electron chi connectivity index (χ1n) is 6.51. The molecule has 0 fully saturated rings. The molecule has 0 radical (unpaired) electrons. The normalized spacial score (nSPS) is 12.7. The Morgan fingerprint density at radius 1 is 1.33 bits per heavy atom. The largest absolute Gasteiger partial charge is 0.343 e. The van der Waals surface area contributed by atoms with Gasteiger partial charge in [0.2, 0.25) is 6.39 Å². The summed E-state index contributed by atoms with van der Waals surface area (Å²) in [5.74, 6) is 0.335. The van der Waals surface area contributed by atoms with Crippen molar-refractivity contribution in [1.29, 1.82) is 0 Å². The van der Waals surface area contributed by atoms with Gasteiger partial charge in [-0.3, -0.25) is 9.89 Å². The van der Waals surface area contributed by atoms with Crippen LogP contribution in [0, 0.1) is 5.92 Å². The standard InChI is InChI=1S/C13H14N6O2/c1-7(2)10(12-15-6-21-19-12)17-13(20)9-3-8-5-16-18-11(8)14-4-9/h3-7,10H,1-2H3,(H,17,20)(H,14,16,18). The summed E-state index contributed by atoms with van der Waals surface area (Å²) in [4.78, 5) is 20.5. The molecule has 0 saturated heterocycles. The van der Waals surface area contributed by atoms with Crippen LogP contribution in [-0.4, -0.2) is 31.2 Å². The highest BCUT2D eigenvalue weighted by atomic mass is 16.5. The summed E-state index contributed by atoms with van der Waals surface area (Å²) in [6.07, 6.45) is 4.37. The SMILES string of the molecule is CC(C)C(NC(=O)c1cnc2[nH]ncc2c1)c1ncon1. The van der Waals surface area contributed by atoms with Gasteiger partial charge in [0.25, 0.3) is 5.91 Å². The molecule has 2 N–H and O–H groups in total. The molecule has 1 atom stereocenters. The summed E-state index contributed by atoms with van der Waals surface area (Å²) < 4.78 is 4.74. The monoisotopic (exact) mass is 286 g/mol. The number of hydrogen-bond acceptors (Lipinski definition) is 6. The van der Waals surface area contributed by atoms with E-state index in [1.54, 1.807) is 12.3 Å². The fraction of sp³-hybridized carbons (Fsp3) is 0.308. The molecule has 1 unspecified atom stereocenters. The van der Waals surface area contributed by atoms with Crippen molar-refractivity contribution in [1.82, 2.24) is 30.6 Å². The summed E-state index contributed by atoms with van der Waals surface area (Å²) in [7, 11) is 0. The van der Waals surface area contributed by atoms with Gasteiger partial charge in [-0.2, -0.15) is 10.1 Å². The van der Waals surface area contributed by atoms with Crippen molar-refractivity contribution in [2.75, 3.05) is 0 Å². The smallest absolute Gasteiger partial charge is 0.253 e. The molecule has 0 saturated carbocycles. The quantitative estimate of drug-likeness (QED) is 0.751. The molecule has 0 aliphatic heterocycles. The second-order valence-electron chi connectivity index (χ2n) is 5.02. The zero-order valence-corrected chi connectivity index (χ0v) is 11.6. The third-order valence-corrected chi connectivity index (χ3v) is 3.16. The Hall–Kier alpha value is -2.77. The van der Waals surface area contributed by atoms with Crippen LogP contribution in [0.5, 0.6) is 0 Å². The molecule has 3 heterocycles. The lowest BCUT2D eigenvalue weighted by atomic mass is 10.0. The van der Waals surface area contributed by atoms with E-state index in [1.165, 1.54) is 12.6 Å². The summed E-state index contributed by atoms with van der Waals surface area (Å²) in [5.41, 5.74) is 1.10. The van der Waals surface area contributed by atoms with Crippen LogP contribution >= 0.6 is 0 Å². The molecule has 3 aromatic heterocycles. The Morgan fingerprint density at radius 3 is 2.90 bits per heavy atom. The van der Waals surface area contributed by atoms with Crippen molar-refractivity contribution < 1.29 is 9.32 Å². The first-order chi connectivity index (χ1) is 10.1. The lowest BCUT2D eigenvalue weighted by Gasteiger charge is -2.18. The number of carbonyl (C=O) groups is 1. The summed E-state index contributed by atoms with van der Waals surface area (Å²) in [6.45, 7) is 3.94. The van der Waals surface area contributed by atoms with Crippen LogP contribution in [0.25, 0.3) is 11.0 Å². The maximum atomic E-state index is 12.4. The molecule has 108 valence electrons. The van der Waals surface area contributed by atoms with Crippen molar-refractivity contribution >= 4 is 16.9 Å². The van der Waals surface area contributed by atoms with E-state index in [-0.39, 0.29) is 17.9 Å². The second kappa shape index (κ2) is 5.31. The topological polar surface area (TPSA) is 110 Å². The van der Waals surface area contributed by atoms with Crippen molar-refractivity contribution in [3.63, 3.8) is 0 Å². The highest BCUT2D eigenvalue weighted by Gasteiger charge is 2.23. The fourth-order valence-electron chi connectivity index (χ4n) is 2.03. The van der Waals surface area contributed by atoms with Crippen molar-refractivity contribution in [2.45, 2.75) is 19.9 Å². The number of amides is 1. The lowest BCUT2D eigenvalue weighted by molar-refractivity contribution is 0.0922. The third kappa shape index (κ3) is 2.60. The molecule has 0 aromatic carbocycles. The number of aromatic amines is 1. The number of nitrogens with zero attached hydrogens (tertiary/aromatic N) is 4. The van der Waals surface area contributed by atoms with Crippen molar-refractivity contribution in [2.24, 2.45) is 5.92 Å². The summed E-state index contributed by atoms with van der Waals surface area (Å²) >= 11 is 0. The highest BCUT2D eigenvalue weighted by Crippen LogP contribution is 2.19. The first-order valence-corrected chi connectivity index (χ1v) is 6.51. The van der Waals surface area contributed by atoms with E-state index in [2.05, 4.69) is 30.6 Å². The van der Waals surface area contributed by atoms with Crippen LogP contribution < -0.4 is 5.32 Å². The molecule has 0 spiro atoms. The predicted octanol–water partition coefficient (Wildman–Crippen LogP) is 1.47. The van der Waals surface area contributed by atoms with Gasteiger partial charge in [-0.15, -0.1) is 0 Å². The van der Waals surface area contributed by atoms with Crippen LogP contribution in [0.1, 0.15) is 36.1 Å². The number of pyridine rings is 1. The van der Waals surface area contributed by atoms with Crippen LogP contribution in [-0.2, 0) is 0 Å². The van der Waals surface area contributed by atoms with Gasteiger partial charge in [-0.05, 0) is 12.0 Å². The first kappa shape index (κ1) is 13.2. The average Bonchev–Trinajstić information content (AvgIpc) is 3.14. The zero-order chi connectivity index (χ0) is 14.8. The van der Waals surface area contributed by atoms with Gasteiger partial charge >= 0.3 is 0 Å². The molecule has 8 nitrogen and oxygen atoms in total. The molecule has 8 heteroatoms. The lowest BCUT2D eigenvalue weighted by Crippen LogP contribution is -2.32. The summed E-state index contributed by atoms with van der Waals surface area (Å²) in [6, 6.07) is 1.41. The second-order valence-corrected chi connectivity index (χ2v) is 5.02. The number of aromatic nitrogens is 5. The number of H-pyrrole nitrogens is 1. The molecule has 0 bridgehead atoms. The van der Waals surface area contributed by atoms with E-state index in [1.807, 2.05) is 13.8 Å². The Labute approximate surface area is 120 Å². The van der Waals surface area contributed by atoms with Crippen LogP contribution in [0.2, 0.25) is 0 Å². The molecule has 3 rings (SSSR count). The molecule has 21 heavy (non-hydrogen) atoms. The Balaban J connectivity index is 1.83. The van der Waals surface area contributed by atoms with Gasteiger partial charge in [0.15, 0.2) is 11.5 Å². The molecule has 0 aliphatic rings. The van der Waals surface area contributed by atoms with E-state index in [9.17, 15) is 4.79 Å². The maximum absolute atomic E-state index is 12.4. The zero-order valence-electron chi connectivity index (χ0n) is 11.6. The fourth-order valence-corrected chi connectivity index (χ4v) is 2.03. The molecular formula is C13H14N6O2. The number of carbonyl (C=O) groups excluding carboxylic acids is 1. The van der Waals surface area contributed by atoms with Crippen molar-refractivity contribution in [3.05, 3.63) is 36.2 Å². The van der Waals surface area contributed by atoms with Gasteiger partial charge < -0.3 is 9.84 Å². The number of hydrogen-bond donors (Lipinski definition) is 2. The minimum absolute atomic E-state index is 0.122. The Morgan fingerprint density at radius 2 is 2.19 bits per heavy atom. The molecule has 1 amide bonds. The van der Waals surface area contributed by atoms with E-state index in [0.29, 0.717) is 17.0 Å². The number of rotatable bonds is 4. The van der Waals surface area contributed by atoms with Crippen LogP contribution in [0.4, 0.5) is 0 Å². The van der Waals surface area contributed by atoms with Crippen molar-refractivity contribution in [3.8, 4) is 0 Å². The highest BCUT2D eigenvalue weighted by molar-refractivity contribution is 5.96. The van der Waals surface area contributed by atoms with Crippen LogP contribution in [0.3, 0.4) is 0 Å². The van der Waals surface area contributed by atoms with E-state index in [0.717, 1.165) is 5.39 Å². The third-order valence-electron chi connectivity index (χ3n) is 3.16. The molecular weight excluding hydrogens is 272 g/mol. The van der Waals surface area contributed by atoms with E-state index < -0.39 is 0 Å². The summed E-state index contributed by atoms with van der Waals surface area (Å²) in [5, 5.41) is 14.1. The Kier molecular flexibility index (Phi) is 3.35. The maximum Gasteiger partial charge on any atom is 0.253 e. The molecule has 0 aliphatic carbocycles. The Bertz CT molecular complexity index is 749. The average molecular weight is 286 g/mol. The number of fused-ring (bicyclic) bond motifs is 1. The van der Waals surface area contributed by atoms with Gasteiger partial charge in [-0.25, -0.2) is 4.98 Å². The van der Waals surface area contributed by atoms with Gasteiger partial charge in [0, 0.05) is 11.6 Å². The minimum atomic E-state index is -0.323. The predicted molar refractivity (Wildman–Crippen MR) is 73.2 cm³/mol. The number of nitrogens with one attached hydrogen (secondary N) is 2. The van der Waals surface area contributed by atoms with E-state index >= 15 is 0 Å². The van der Waals surface area contributed by atoms with Gasteiger partial charge in [-0.1, -0.05) is 19.0 Å². The van der Waals surface area contributed by atoms with E-state index in [4.69, 9.17) is 4.52 Å². The van der Waals surface area contributed by atoms with Crippen LogP contribution in [0.15, 0.2) is 29.4 Å². The minimum Gasteiger partial charge on any atom is -0.343 e. The van der Waals surface area contributed by atoms with Gasteiger partial charge in [0.1, 0.15) is 0 Å².